The third-order valence-electron chi connectivity index (χ3n) is 4.38. The topological polar surface area (TPSA) is 20.2 Å². The lowest BCUT2D eigenvalue weighted by atomic mass is 9.75. The van der Waals surface area contributed by atoms with Crippen molar-refractivity contribution in [2.75, 3.05) is 0 Å². The predicted molar refractivity (Wildman–Crippen MR) is 68.1 cm³/mol. The molecule has 2 rings (SSSR count). The van der Waals surface area contributed by atoms with E-state index in [0.717, 1.165) is 12.8 Å². The van der Waals surface area contributed by atoms with Crippen LogP contribution in [-0.2, 0) is 0 Å². The first-order valence-electron chi connectivity index (χ1n) is 6.77. The minimum absolute atomic E-state index is 0.0959. The van der Waals surface area contributed by atoms with Crippen LogP contribution in [-0.4, -0.2) is 11.2 Å². The molecule has 0 saturated heterocycles. The quantitative estimate of drug-likeness (QED) is 0.719. The van der Waals surface area contributed by atoms with Crippen molar-refractivity contribution in [2.24, 2.45) is 17.8 Å². The van der Waals surface area contributed by atoms with Gasteiger partial charge >= 0.3 is 0 Å². The molecule has 0 aliphatic heterocycles. The Morgan fingerprint density at radius 3 is 2.00 bits per heavy atom. The molecule has 2 aliphatic carbocycles. The zero-order valence-electron chi connectivity index (χ0n) is 10.3. The number of allylic oxidation sites excluding steroid dienone is 4. The molecule has 16 heavy (non-hydrogen) atoms. The first-order valence-corrected chi connectivity index (χ1v) is 6.77. The van der Waals surface area contributed by atoms with Crippen LogP contribution in [0, 0.1) is 17.8 Å². The maximum Gasteiger partial charge on any atom is 0.0599 e. The Morgan fingerprint density at radius 1 is 0.938 bits per heavy atom. The molecule has 1 heteroatoms. The minimum atomic E-state index is -0.0959. The Labute approximate surface area is 99.3 Å². The molecule has 0 radical (unpaired) electrons. The Hall–Kier alpha value is -0.560. The van der Waals surface area contributed by atoms with Gasteiger partial charge in [0.15, 0.2) is 0 Å². The van der Waals surface area contributed by atoms with Gasteiger partial charge in [-0.2, -0.15) is 0 Å². The van der Waals surface area contributed by atoms with Gasteiger partial charge in [0.25, 0.3) is 0 Å². The number of hydrogen-bond acceptors (Lipinski definition) is 1. The number of aliphatic hydroxyl groups is 1. The van der Waals surface area contributed by atoms with Gasteiger partial charge in [-0.1, -0.05) is 31.2 Å². The molecule has 0 saturated carbocycles. The zero-order chi connectivity index (χ0) is 11.4. The van der Waals surface area contributed by atoms with Gasteiger partial charge in [-0.25, -0.2) is 0 Å². The van der Waals surface area contributed by atoms with Gasteiger partial charge in [0.1, 0.15) is 0 Å². The van der Waals surface area contributed by atoms with E-state index in [1.165, 1.54) is 25.7 Å². The van der Waals surface area contributed by atoms with E-state index in [4.69, 9.17) is 0 Å². The van der Waals surface area contributed by atoms with Gasteiger partial charge in [0.05, 0.1) is 6.10 Å². The fraction of sp³-hybridized carbons (Fsp3) is 0.733. The number of rotatable bonds is 3. The summed E-state index contributed by atoms with van der Waals surface area (Å²) in [4.78, 5) is 0. The van der Waals surface area contributed by atoms with Crippen molar-refractivity contribution in [2.45, 2.75) is 51.6 Å². The highest BCUT2D eigenvalue weighted by Gasteiger charge is 2.29. The molecule has 4 unspecified atom stereocenters. The first kappa shape index (κ1) is 11.9. The third-order valence-corrected chi connectivity index (χ3v) is 4.38. The largest absolute Gasteiger partial charge is 0.393 e. The molecule has 0 aromatic heterocycles. The molecule has 1 nitrogen and oxygen atoms in total. The number of hydrogen-bond donors (Lipinski definition) is 1. The van der Waals surface area contributed by atoms with E-state index in [1.54, 1.807) is 0 Å². The van der Waals surface area contributed by atoms with Crippen LogP contribution >= 0.6 is 0 Å². The van der Waals surface area contributed by atoms with Crippen LogP contribution in [0.5, 0.6) is 0 Å². The van der Waals surface area contributed by atoms with Crippen LogP contribution in [0.25, 0.3) is 0 Å². The lowest BCUT2D eigenvalue weighted by Gasteiger charge is -2.34. The molecule has 0 fully saturated rings. The van der Waals surface area contributed by atoms with Crippen molar-refractivity contribution in [3.8, 4) is 0 Å². The molecule has 1 N–H and O–H groups in total. The van der Waals surface area contributed by atoms with Crippen molar-refractivity contribution in [3.63, 3.8) is 0 Å². The van der Waals surface area contributed by atoms with E-state index in [1.807, 2.05) is 0 Å². The summed E-state index contributed by atoms with van der Waals surface area (Å²) in [5.41, 5.74) is 0. The summed E-state index contributed by atoms with van der Waals surface area (Å²) < 4.78 is 0. The molecule has 0 amide bonds. The SMILES string of the molecule is CC(C1CC=CCC1)C(O)C1CC=CCC1. The standard InChI is InChI=1S/C15H24O/c1-12(13-8-4-2-5-9-13)15(16)14-10-6-3-7-11-14/h2-4,6,12-16H,5,7-11H2,1H3. The Kier molecular flexibility index (Phi) is 4.22. The molecule has 0 bridgehead atoms. The fourth-order valence-corrected chi connectivity index (χ4v) is 3.13. The van der Waals surface area contributed by atoms with Gasteiger partial charge < -0.3 is 5.11 Å². The lowest BCUT2D eigenvalue weighted by molar-refractivity contribution is 0.0253. The molecule has 4 atom stereocenters. The maximum atomic E-state index is 10.4. The number of aliphatic hydroxyl groups excluding tert-OH is 1. The normalized spacial score (nSPS) is 33.6. The third kappa shape index (κ3) is 2.76. The van der Waals surface area contributed by atoms with Crippen molar-refractivity contribution in [1.82, 2.24) is 0 Å². The second kappa shape index (κ2) is 5.67. The summed E-state index contributed by atoms with van der Waals surface area (Å²) in [7, 11) is 0. The van der Waals surface area contributed by atoms with Crippen LogP contribution in [0.2, 0.25) is 0 Å². The molecule has 0 aromatic rings. The Bertz CT molecular complexity index is 239. The summed E-state index contributed by atoms with van der Waals surface area (Å²) in [5.74, 6) is 1.67. The van der Waals surface area contributed by atoms with Crippen molar-refractivity contribution in [1.29, 1.82) is 0 Å². The smallest absolute Gasteiger partial charge is 0.0599 e. The second-order valence-corrected chi connectivity index (χ2v) is 5.44. The molecule has 0 heterocycles. The van der Waals surface area contributed by atoms with Crippen LogP contribution in [0.4, 0.5) is 0 Å². The van der Waals surface area contributed by atoms with Crippen molar-refractivity contribution < 1.29 is 5.11 Å². The summed E-state index contributed by atoms with van der Waals surface area (Å²) in [6.07, 6.45) is 16.0. The van der Waals surface area contributed by atoms with E-state index in [0.29, 0.717) is 17.8 Å². The highest BCUT2D eigenvalue weighted by molar-refractivity contribution is 4.96. The fourth-order valence-electron chi connectivity index (χ4n) is 3.13. The van der Waals surface area contributed by atoms with Crippen LogP contribution in [0.1, 0.15) is 45.4 Å². The summed E-state index contributed by atoms with van der Waals surface area (Å²) in [6, 6.07) is 0. The average Bonchev–Trinajstić information content (AvgIpc) is 2.39. The van der Waals surface area contributed by atoms with Gasteiger partial charge in [-0.3, -0.25) is 0 Å². The van der Waals surface area contributed by atoms with Gasteiger partial charge in [-0.05, 0) is 56.3 Å². The predicted octanol–water partition coefficient (Wildman–Crippen LogP) is 3.70. The molecule has 0 aromatic carbocycles. The van der Waals surface area contributed by atoms with Gasteiger partial charge in [0.2, 0.25) is 0 Å². The van der Waals surface area contributed by atoms with Crippen LogP contribution in [0.15, 0.2) is 24.3 Å². The van der Waals surface area contributed by atoms with E-state index < -0.39 is 0 Å². The lowest BCUT2D eigenvalue weighted by Crippen LogP contribution is -2.33. The zero-order valence-corrected chi connectivity index (χ0v) is 10.3. The Morgan fingerprint density at radius 2 is 1.50 bits per heavy atom. The summed E-state index contributed by atoms with van der Waals surface area (Å²) >= 11 is 0. The van der Waals surface area contributed by atoms with E-state index in [-0.39, 0.29) is 6.10 Å². The Balaban J connectivity index is 1.89. The molecule has 90 valence electrons. The highest BCUT2D eigenvalue weighted by atomic mass is 16.3. The molecule has 2 aliphatic rings. The molecular weight excluding hydrogens is 196 g/mol. The van der Waals surface area contributed by atoms with E-state index >= 15 is 0 Å². The van der Waals surface area contributed by atoms with Crippen LogP contribution < -0.4 is 0 Å². The van der Waals surface area contributed by atoms with Crippen molar-refractivity contribution >= 4 is 0 Å². The second-order valence-electron chi connectivity index (χ2n) is 5.44. The van der Waals surface area contributed by atoms with Gasteiger partial charge in [-0.15, -0.1) is 0 Å². The van der Waals surface area contributed by atoms with Crippen LogP contribution in [0.3, 0.4) is 0 Å². The first-order chi connectivity index (χ1) is 7.79. The summed E-state index contributed by atoms with van der Waals surface area (Å²) in [5, 5.41) is 10.4. The van der Waals surface area contributed by atoms with E-state index in [2.05, 4.69) is 31.2 Å². The average molecular weight is 220 g/mol. The van der Waals surface area contributed by atoms with Gasteiger partial charge in [0, 0.05) is 0 Å². The summed E-state index contributed by atoms with van der Waals surface area (Å²) in [6.45, 7) is 2.24. The molecular formula is C15H24O. The molecule has 0 spiro atoms. The maximum absolute atomic E-state index is 10.4. The van der Waals surface area contributed by atoms with E-state index in [9.17, 15) is 5.11 Å². The monoisotopic (exact) mass is 220 g/mol. The van der Waals surface area contributed by atoms with Crippen molar-refractivity contribution in [3.05, 3.63) is 24.3 Å². The minimum Gasteiger partial charge on any atom is -0.393 e. The highest BCUT2D eigenvalue weighted by Crippen LogP contribution is 2.34.